The van der Waals surface area contributed by atoms with Crippen LogP contribution in [0.15, 0.2) is 24.3 Å². The van der Waals surface area contributed by atoms with Gasteiger partial charge in [0, 0.05) is 19.5 Å². The SMILES string of the molecule is Cc1c(NC(=O)c2cc3ccc(F)cc3n2C)c(C(N)=O)nn1C. The normalized spacial score (nSPS) is 11.0. The summed E-state index contributed by atoms with van der Waals surface area (Å²) >= 11 is 0. The molecule has 0 spiro atoms. The van der Waals surface area contributed by atoms with Crippen molar-refractivity contribution < 1.29 is 14.0 Å². The number of carbonyl (C=O) groups is 2. The number of nitrogens with two attached hydrogens (primary N) is 1. The van der Waals surface area contributed by atoms with Gasteiger partial charge in [-0.1, -0.05) is 0 Å². The minimum Gasteiger partial charge on any atom is -0.364 e. The van der Waals surface area contributed by atoms with Crippen LogP contribution in [0.25, 0.3) is 10.9 Å². The molecule has 3 N–H and O–H groups in total. The molecule has 0 saturated heterocycles. The summed E-state index contributed by atoms with van der Waals surface area (Å²) in [5, 5.41) is 7.42. The number of nitrogens with one attached hydrogen (secondary N) is 1. The van der Waals surface area contributed by atoms with Crippen LogP contribution in [0.2, 0.25) is 0 Å². The molecule has 0 aliphatic rings. The second-order valence-electron chi connectivity index (χ2n) is 5.54. The molecule has 3 aromatic rings. The fourth-order valence-electron chi connectivity index (χ4n) is 2.63. The van der Waals surface area contributed by atoms with Gasteiger partial charge in [-0.05, 0) is 31.2 Å². The zero-order valence-electron chi connectivity index (χ0n) is 13.4. The Balaban J connectivity index is 2.02. The molecule has 24 heavy (non-hydrogen) atoms. The van der Waals surface area contributed by atoms with Crippen LogP contribution >= 0.6 is 0 Å². The van der Waals surface area contributed by atoms with E-state index in [9.17, 15) is 14.0 Å². The quantitative estimate of drug-likeness (QED) is 0.766. The van der Waals surface area contributed by atoms with E-state index in [0.717, 1.165) is 5.39 Å². The number of rotatable bonds is 3. The number of amides is 2. The molecule has 0 fully saturated rings. The number of hydrogen-bond acceptors (Lipinski definition) is 3. The molecule has 0 atom stereocenters. The van der Waals surface area contributed by atoms with Crippen molar-refractivity contribution in [1.82, 2.24) is 14.3 Å². The van der Waals surface area contributed by atoms with Crippen molar-refractivity contribution in [1.29, 1.82) is 0 Å². The number of aromatic nitrogens is 3. The molecular weight excluding hydrogens is 313 g/mol. The Kier molecular flexibility index (Phi) is 3.59. The molecule has 0 aliphatic heterocycles. The second-order valence-corrected chi connectivity index (χ2v) is 5.54. The maximum atomic E-state index is 13.4. The average molecular weight is 329 g/mol. The molecule has 0 radical (unpaired) electrons. The number of primary amides is 1. The Morgan fingerprint density at radius 3 is 2.62 bits per heavy atom. The third kappa shape index (κ3) is 2.41. The first-order chi connectivity index (χ1) is 11.3. The Morgan fingerprint density at radius 2 is 1.96 bits per heavy atom. The van der Waals surface area contributed by atoms with E-state index in [1.165, 1.54) is 16.8 Å². The molecule has 2 aromatic heterocycles. The molecule has 0 bridgehead atoms. The van der Waals surface area contributed by atoms with Crippen molar-refractivity contribution in [2.24, 2.45) is 19.8 Å². The van der Waals surface area contributed by atoms with Crippen LogP contribution in [0.5, 0.6) is 0 Å². The lowest BCUT2D eigenvalue weighted by molar-refractivity contribution is 0.0995. The number of carbonyl (C=O) groups excluding carboxylic acids is 2. The highest BCUT2D eigenvalue weighted by Gasteiger charge is 2.21. The molecule has 2 amide bonds. The van der Waals surface area contributed by atoms with Crippen molar-refractivity contribution in [2.45, 2.75) is 6.92 Å². The molecule has 1 aromatic carbocycles. The number of aryl methyl sites for hydroxylation is 2. The van der Waals surface area contributed by atoms with Gasteiger partial charge in [-0.3, -0.25) is 14.3 Å². The average Bonchev–Trinajstić information content (AvgIpc) is 2.99. The monoisotopic (exact) mass is 329 g/mol. The van der Waals surface area contributed by atoms with E-state index in [2.05, 4.69) is 10.4 Å². The van der Waals surface area contributed by atoms with E-state index >= 15 is 0 Å². The molecule has 0 saturated carbocycles. The first-order valence-electron chi connectivity index (χ1n) is 7.19. The van der Waals surface area contributed by atoms with Crippen molar-refractivity contribution in [3.63, 3.8) is 0 Å². The maximum absolute atomic E-state index is 13.4. The van der Waals surface area contributed by atoms with Crippen LogP contribution in [-0.2, 0) is 14.1 Å². The summed E-state index contributed by atoms with van der Waals surface area (Å²) in [7, 11) is 3.32. The zero-order valence-corrected chi connectivity index (χ0v) is 13.4. The Hall–Kier alpha value is -3.16. The molecular formula is C16H16FN5O2. The predicted molar refractivity (Wildman–Crippen MR) is 87.3 cm³/mol. The number of anilines is 1. The molecule has 8 heteroatoms. The van der Waals surface area contributed by atoms with Gasteiger partial charge in [0.25, 0.3) is 11.8 Å². The van der Waals surface area contributed by atoms with E-state index in [1.807, 2.05) is 0 Å². The Morgan fingerprint density at radius 1 is 1.25 bits per heavy atom. The zero-order chi connectivity index (χ0) is 17.6. The standard InChI is InChI=1S/C16H16FN5O2/c1-8-13(14(15(18)23)20-22(8)3)19-16(24)12-6-9-4-5-10(17)7-11(9)21(12)2/h4-7H,1-3H3,(H2,18,23)(H,19,24). The van der Waals surface area contributed by atoms with Crippen LogP contribution < -0.4 is 11.1 Å². The summed E-state index contributed by atoms with van der Waals surface area (Å²) in [5.41, 5.74) is 7.09. The van der Waals surface area contributed by atoms with Crippen LogP contribution in [0.4, 0.5) is 10.1 Å². The van der Waals surface area contributed by atoms with E-state index < -0.39 is 11.8 Å². The van der Waals surface area contributed by atoms with Crippen molar-refractivity contribution in [3.05, 3.63) is 47.2 Å². The fraction of sp³-hybridized carbons (Fsp3) is 0.188. The van der Waals surface area contributed by atoms with E-state index in [1.54, 1.807) is 37.7 Å². The number of fused-ring (bicyclic) bond motifs is 1. The van der Waals surface area contributed by atoms with Crippen LogP contribution in [-0.4, -0.2) is 26.2 Å². The predicted octanol–water partition coefficient (Wildman–Crippen LogP) is 1.71. The van der Waals surface area contributed by atoms with Crippen LogP contribution in [0, 0.1) is 12.7 Å². The van der Waals surface area contributed by atoms with Crippen LogP contribution in [0.3, 0.4) is 0 Å². The number of halogens is 1. The summed E-state index contributed by atoms with van der Waals surface area (Å²) in [6, 6.07) is 5.95. The summed E-state index contributed by atoms with van der Waals surface area (Å²) in [5.74, 6) is -1.55. The molecule has 124 valence electrons. The molecule has 0 aliphatic carbocycles. The largest absolute Gasteiger partial charge is 0.364 e. The lowest BCUT2D eigenvalue weighted by atomic mass is 10.2. The van der Waals surface area contributed by atoms with Gasteiger partial charge in [-0.25, -0.2) is 4.39 Å². The lowest BCUT2D eigenvalue weighted by Crippen LogP contribution is -2.19. The maximum Gasteiger partial charge on any atom is 0.272 e. The van der Waals surface area contributed by atoms with Gasteiger partial charge in [0.1, 0.15) is 11.5 Å². The highest BCUT2D eigenvalue weighted by Crippen LogP contribution is 2.23. The lowest BCUT2D eigenvalue weighted by Gasteiger charge is -2.07. The number of nitrogens with zero attached hydrogens (tertiary/aromatic N) is 3. The van der Waals surface area contributed by atoms with Gasteiger partial charge in [0.15, 0.2) is 5.69 Å². The molecule has 0 unspecified atom stereocenters. The Labute approximate surface area is 136 Å². The highest BCUT2D eigenvalue weighted by atomic mass is 19.1. The van der Waals surface area contributed by atoms with E-state index in [-0.39, 0.29) is 17.2 Å². The third-order valence-electron chi connectivity index (χ3n) is 4.05. The smallest absolute Gasteiger partial charge is 0.272 e. The van der Waals surface area contributed by atoms with Crippen molar-refractivity contribution in [2.75, 3.05) is 5.32 Å². The first kappa shape index (κ1) is 15.7. The van der Waals surface area contributed by atoms with Gasteiger partial charge < -0.3 is 15.6 Å². The summed E-state index contributed by atoms with van der Waals surface area (Å²) in [4.78, 5) is 24.1. The van der Waals surface area contributed by atoms with E-state index in [4.69, 9.17) is 5.73 Å². The van der Waals surface area contributed by atoms with Gasteiger partial charge in [-0.2, -0.15) is 5.10 Å². The van der Waals surface area contributed by atoms with Gasteiger partial charge in [0.05, 0.1) is 16.9 Å². The minimum atomic E-state index is -0.729. The van der Waals surface area contributed by atoms with Gasteiger partial charge >= 0.3 is 0 Å². The second kappa shape index (κ2) is 5.48. The summed E-state index contributed by atoms with van der Waals surface area (Å²) in [6.45, 7) is 1.71. The first-order valence-corrected chi connectivity index (χ1v) is 7.19. The number of benzene rings is 1. The van der Waals surface area contributed by atoms with Gasteiger partial charge in [0.2, 0.25) is 0 Å². The molecule has 2 heterocycles. The minimum absolute atomic E-state index is 0.00633. The number of hydrogen-bond donors (Lipinski definition) is 2. The van der Waals surface area contributed by atoms with E-state index in [0.29, 0.717) is 16.9 Å². The summed E-state index contributed by atoms with van der Waals surface area (Å²) < 4.78 is 16.4. The summed E-state index contributed by atoms with van der Waals surface area (Å²) in [6.07, 6.45) is 0. The third-order valence-corrected chi connectivity index (χ3v) is 4.05. The van der Waals surface area contributed by atoms with Crippen molar-refractivity contribution in [3.8, 4) is 0 Å². The molecule has 3 rings (SSSR count). The molecule has 7 nitrogen and oxygen atoms in total. The highest BCUT2D eigenvalue weighted by molar-refractivity contribution is 6.09. The van der Waals surface area contributed by atoms with Gasteiger partial charge in [-0.15, -0.1) is 0 Å². The topological polar surface area (TPSA) is 94.9 Å². The Bertz CT molecular complexity index is 986. The van der Waals surface area contributed by atoms with Crippen LogP contribution in [0.1, 0.15) is 26.7 Å². The van der Waals surface area contributed by atoms with Crippen molar-refractivity contribution >= 4 is 28.4 Å². The fourth-order valence-corrected chi connectivity index (χ4v) is 2.63.